The first-order chi connectivity index (χ1) is 6.74. The van der Waals surface area contributed by atoms with E-state index < -0.39 is 0 Å². The molecule has 0 N–H and O–H groups in total. The van der Waals surface area contributed by atoms with Gasteiger partial charge in [0.15, 0.2) is 0 Å². The molecule has 0 aliphatic carbocycles. The normalized spacial score (nSPS) is 10.8. The molecule has 0 bridgehead atoms. The largest absolute Gasteiger partial charge is 0.437 e. The lowest BCUT2D eigenvalue weighted by Gasteiger charge is -1.98. The van der Waals surface area contributed by atoms with E-state index in [-0.39, 0.29) is 0 Å². The average molecular weight is 233 g/mol. The van der Waals surface area contributed by atoms with Crippen molar-refractivity contribution >= 4 is 24.4 Å². The van der Waals surface area contributed by atoms with E-state index in [4.69, 9.17) is 9.15 Å². The second-order valence-corrected chi connectivity index (χ2v) is 4.30. The molecule has 0 unspecified atom stereocenters. The van der Waals surface area contributed by atoms with E-state index in [2.05, 4.69) is 17.6 Å². The van der Waals surface area contributed by atoms with Crippen LogP contribution in [0.5, 0.6) is 0 Å². The molecule has 0 amide bonds. The maximum Gasteiger partial charge on any atom is 0.256 e. The Kier molecular flexibility index (Phi) is 5.44. The lowest BCUT2D eigenvalue weighted by molar-refractivity contribution is 0.167. The summed E-state index contributed by atoms with van der Waals surface area (Å²) >= 11 is 5.62. The first kappa shape index (κ1) is 11.9. The first-order valence-corrected chi connectivity index (χ1v) is 6.11. The first-order valence-electron chi connectivity index (χ1n) is 4.49. The van der Waals surface area contributed by atoms with Gasteiger partial charge in [-0.15, -0.1) is 0 Å². The molecule has 5 heteroatoms. The summed E-state index contributed by atoms with van der Waals surface area (Å²) in [6.07, 6.45) is 0. The highest BCUT2D eigenvalue weighted by atomic mass is 32.2. The zero-order chi connectivity index (χ0) is 10.4. The van der Waals surface area contributed by atoms with Crippen molar-refractivity contribution in [2.75, 3.05) is 24.7 Å². The van der Waals surface area contributed by atoms with Crippen molar-refractivity contribution in [2.45, 2.75) is 19.1 Å². The summed E-state index contributed by atoms with van der Waals surface area (Å²) in [6.45, 7) is 5.28. The van der Waals surface area contributed by atoms with Gasteiger partial charge in [0.25, 0.3) is 5.22 Å². The minimum absolute atomic E-state index is 0.702. The van der Waals surface area contributed by atoms with Crippen LogP contribution in [0.2, 0.25) is 0 Å². The zero-order valence-electron chi connectivity index (χ0n) is 8.45. The Balaban J connectivity index is 2.18. The molecule has 0 radical (unpaired) electrons. The summed E-state index contributed by atoms with van der Waals surface area (Å²) < 4.78 is 10.7. The molecule has 80 valence electrons. The molecule has 14 heavy (non-hydrogen) atoms. The van der Waals surface area contributed by atoms with Gasteiger partial charge in [0.2, 0.25) is 0 Å². The number of hydrogen-bond acceptors (Lipinski definition) is 5. The maximum absolute atomic E-state index is 5.40. The maximum atomic E-state index is 5.40. The third kappa shape index (κ3) is 3.94. The van der Waals surface area contributed by atoms with E-state index in [0.717, 1.165) is 28.2 Å². The topological polar surface area (TPSA) is 35.3 Å². The predicted octanol–water partition coefficient (Wildman–Crippen LogP) is 2.33. The number of nitrogens with zero attached hydrogens (tertiary/aromatic N) is 1. The van der Waals surface area contributed by atoms with Crippen LogP contribution < -0.4 is 0 Å². The molecule has 3 nitrogen and oxygen atoms in total. The van der Waals surface area contributed by atoms with Gasteiger partial charge in [0.1, 0.15) is 5.76 Å². The number of ether oxygens (including phenoxy) is 1. The molecule has 1 heterocycles. The molecule has 1 aromatic heterocycles. The van der Waals surface area contributed by atoms with Crippen LogP contribution in [0.4, 0.5) is 0 Å². The highest BCUT2D eigenvalue weighted by Crippen LogP contribution is 2.19. The molecule has 0 aliphatic rings. The van der Waals surface area contributed by atoms with Gasteiger partial charge in [0, 0.05) is 11.5 Å². The number of aromatic nitrogens is 1. The molecule has 0 atom stereocenters. The number of thiol groups is 1. The van der Waals surface area contributed by atoms with E-state index in [1.54, 1.807) is 11.8 Å². The zero-order valence-corrected chi connectivity index (χ0v) is 10.2. The van der Waals surface area contributed by atoms with Gasteiger partial charge in [-0.1, -0.05) is 11.8 Å². The van der Waals surface area contributed by atoms with E-state index in [9.17, 15) is 0 Å². The van der Waals surface area contributed by atoms with Crippen molar-refractivity contribution in [3.8, 4) is 0 Å². The van der Waals surface area contributed by atoms with Crippen LogP contribution >= 0.6 is 24.4 Å². The highest BCUT2D eigenvalue weighted by Gasteiger charge is 2.05. The van der Waals surface area contributed by atoms with Gasteiger partial charge in [-0.3, -0.25) is 0 Å². The quantitative estimate of drug-likeness (QED) is 0.465. The van der Waals surface area contributed by atoms with Crippen molar-refractivity contribution in [1.29, 1.82) is 0 Å². The Morgan fingerprint density at radius 3 is 2.79 bits per heavy atom. The molecule has 0 fully saturated rings. The summed E-state index contributed by atoms with van der Waals surface area (Å²) in [6, 6.07) is 0. The Morgan fingerprint density at radius 1 is 1.43 bits per heavy atom. The van der Waals surface area contributed by atoms with Crippen LogP contribution in [-0.2, 0) is 4.74 Å². The second-order valence-electron chi connectivity index (χ2n) is 2.81. The standard InChI is InChI=1S/C9H15NO2S2/c1-7-8(2)12-9(10-7)14-6-4-11-3-5-13/h13H,3-6H2,1-2H3. The average Bonchev–Trinajstić information content (AvgIpc) is 2.46. The third-order valence-electron chi connectivity index (χ3n) is 1.70. The smallest absolute Gasteiger partial charge is 0.256 e. The molecule has 0 aliphatic heterocycles. The van der Waals surface area contributed by atoms with Gasteiger partial charge >= 0.3 is 0 Å². The van der Waals surface area contributed by atoms with Gasteiger partial charge in [0.05, 0.1) is 18.9 Å². The van der Waals surface area contributed by atoms with Crippen LogP contribution in [0, 0.1) is 13.8 Å². The van der Waals surface area contributed by atoms with Crippen LogP contribution in [-0.4, -0.2) is 29.7 Å². The van der Waals surface area contributed by atoms with Crippen molar-refractivity contribution in [1.82, 2.24) is 4.98 Å². The molecule has 0 saturated carbocycles. The fourth-order valence-corrected chi connectivity index (χ4v) is 1.75. The van der Waals surface area contributed by atoms with Crippen LogP contribution in [0.3, 0.4) is 0 Å². The summed E-state index contributed by atoms with van der Waals surface area (Å²) in [4.78, 5) is 4.25. The van der Waals surface area contributed by atoms with Gasteiger partial charge in [-0.2, -0.15) is 12.6 Å². The molecule has 0 spiro atoms. The minimum atomic E-state index is 0.702. The summed E-state index contributed by atoms with van der Waals surface area (Å²) in [7, 11) is 0. The highest BCUT2D eigenvalue weighted by molar-refractivity contribution is 7.99. The minimum Gasteiger partial charge on any atom is -0.437 e. The number of hydrogen-bond donors (Lipinski definition) is 1. The molecular formula is C9H15NO2S2. The Hall–Kier alpha value is -0.130. The lowest BCUT2D eigenvalue weighted by Crippen LogP contribution is -1.99. The third-order valence-corrected chi connectivity index (χ3v) is 2.67. The summed E-state index contributed by atoms with van der Waals surface area (Å²) in [5.41, 5.74) is 0.962. The monoisotopic (exact) mass is 233 g/mol. The number of aryl methyl sites for hydroxylation is 2. The number of thioether (sulfide) groups is 1. The SMILES string of the molecule is Cc1nc(SCCOCCS)oc1C. The van der Waals surface area contributed by atoms with Crippen molar-refractivity contribution < 1.29 is 9.15 Å². The number of rotatable bonds is 6. The van der Waals surface area contributed by atoms with E-state index in [1.165, 1.54) is 0 Å². The van der Waals surface area contributed by atoms with Crippen molar-refractivity contribution in [3.05, 3.63) is 11.5 Å². The van der Waals surface area contributed by atoms with Crippen molar-refractivity contribution in [3.63, 3.8) is 0 Å². The van der Waals surface area contributed by atoms with E-state index in [0.29, 0.717) is 13.2 Å². The van der Waals surface area contributed by atoms with E-state index in [1.807, 2.05) is 13.8 Å². The predicted molar refractivity (Wildman–Crippen MR) is 61.4 cm³/mol. The van der Waals surface area contributed by atoms with Crippen LogP contribution in [0.1, 0.15) is 11.5 Å². The molecule has 1 rings (SSSR count). The van der Waals surface area contributed by atoms with Crippen LogP contribution in [0.25, 0.3) is 0 Å². The van der Waals surface area contributed by atoms with Gasteiger partial charge in [-0.25, -0.2) is 4.98 Å². The Bertz CT molecular complexity index is 256. The molecule has 0 saturated heterocycles. The Labute approximate surface area is 94.0 Å². The molecule has 0 aromatic carbocycles. The second kappa shape index (κ2) is 6.37. The van der Waals surface area contributed by atoms with Gasteiger partial charge < -0.3 is 9.15 Å². The Morgan fingerprint density at radius 2 is 2.21 bits per heavy atom. The molecule has 1 aromatic rings. The summed E-state index contributed by atoms with van der Waals surface area (Å²) in [5, 5.41) is 0.731. The fraction of sp³-hybridized carbons (Fsp3) is 0.667. The lowest BCUT2D eigenvalue weighted by atomic mass is 10.4. The summed E-state index contributed by atoms with van der Waals surface area (Å²) in [5.74, 6) is 2.53. The fourth-order valence-electron chi connectivity index (χ4n) is 0.860. The van der Waals surface area contributed by atoms with Gasteiger partial charge in [-0.05, 0) is 13.8 Å². The van der Waals surface area contributed by atoms with Crippen LogP contribution in [0.15, 0.2) is 9.64 Å². The van der Waals surface area contributed by atoms with E-state index >= 15 is 0 Å². The molecular weight excluding hydrogens is 218 g/mol. The van der Waals surface area contributed by atoms with Crippen molar-refractivity contribution in [2.24, 2.45) is 0 Å². The number of oxazole rings is 1.